The molecule has 1 aromatic rings. The molecule has 104 valence electrons. The predicted molar refractivity (Wildman–Crippen MR) is 73.9 cm³/mol. The fourth-order valence-electron chi connectivity index (χ4n) is 2.50. The van der Waals surface area contributed by atoms with E-state index in [9.17, 15) is 4.79 Å². The summed E-state index contributed by atoms with van der Waals surface area (Å²) in [5, 5.41) is 0. The molecule has 0 aliphatic heterocycles. The zero-order chi connectivity index (χ0) is 13.8. The zero-order valence-electron chi connectivity index (χ0n) is 11.6. The molecular weight excluding hydrogens is 242 g/mol. The van der Waals surface area contributed by atoms with Crippen LogP contribution in [0.5, 0.6) is 0 Å². The monoisotopic (exact) mass is 263 g/mol. The number of hydrogen-bond acceptors (Lipinski definition) is 4. The summed E-state index contributed by atoms with van der Waals surface area (Å²) in [7, 11) is 1.34. The lowest BCUT2D eigenvalue weighted by atomic mass is 9.97. The number of nitrogens with zero attached hydrogens (tertiary/aromatic N) is 2. The van der Waals surface area contributed by atoms with Crippen molar-refractivity contribution >= 4 is 11.8 Å². The standard InChI is InChI=1S/C14H21N3O2/c1-10-16-12(14(18)19-2)13(15)17(10)9-8-11-6-4-3-5-7-11/h6H,3-5,7-9,15H2,1-2H3. The molecule has 1 aromatic heterocycles. The zero-order valence-corrected chi connectivity index (χ0v) is 11.6. The molecule has 1 aliphatic rings. The Kier molecular flexibility index (Phi) is 4.24. The van der Waals surface area contributed by atoms with Crippen LogP contribution in [0.4, 0.5) is 5.82 Å². The van der Waals surface area contributed by atoms with Crippen LogP contribution in [0.1, 0.15) is 48.4 Å². The molecule has 0 saturated carbocycles. The summed E-state index contributed by atoms with van der Waals surface area (Å²) in [6.07, 6.45) is 8.23. The van der Waals surface area contributed by atoms with Crippen molar-refractivity contribution < 1.29 is 9.53 Å². The maximum absolute atomic E-state index is 11.5. The first kappa shape index (κ1) is 13.6. The molecular formula is C14H21N3O2. The third-order valence-electron chi connectivity index (χ3n) is 3.62. The third-order valence-corrected chi connectivity index (χ3v) is 3.62. The van der Waals surface area contributed by atoms with Crippen LogP contribution in [0.25, 0.3) is 0 Å². The van der Waals surface area contributed by atoms with Gasteiger partial charge >= 0.3 is 5.97 Å². The Morgan fingerprint density at radius 3 is 2.95 bits per heavy atom. The minimum absolute atomic E-state index is 0.220. The van der Waals surface area contributed by atoms with Crippen molar-refractivity contribution in [2.24, 2.45) is 0 Å². The summed E-state index contributed by atoms with van der Waals surface area (Å²) in [4.78, 5) is 15.7. The molecule has 19 heavy (non-hydrogen) atoms. The number of anilines is 1. The molecule has 5 nitrogen and oxygen atoms in total. The third kappa shape index (κ3) is 2.97. The number of allylic oxidation sites excluding steroid dienone is 2. The molecule has 0 spiro atoms. The van der Waals surface area contributed by atoms with Crippen molar-refractivity contribution in [1.82, 2.24) is 9.55 Å². The summed E-state index contributed by atoms with van der Waals surface area (Å²) in [5.41, 5.74) is 7.68. The number of aryl methyl sites for hydroxylation is 1. The first-order valence-electron chi connectivity index (χ1n) is 6.72. The van der Waals surface area contributed by atoms with E-state index in [4.69, 9.17) is 5.73 Å². The van der Waals surface area contributed by atoms with E-state index in [1.807, 2.05) is 11.5 Å². The number of nitrogen functional groups attached to an aromatic ring is 1. The molecule has 0 fully saturated rings. The topological polar surface area (TPSA) is 70.1 Å². The van der Waals surface area contributed by atoms with E-state index >= 15 is 0 Å². The second-order valence-corrected chi connectivity index (χ2v) is 4.89. The summed E-state index contributed by atoms with van der Waals surface area (Å²) >= 11 is 0. The Labute approximate surface area is 113 Å². The van der Waals surface area contributed by atoms with E-state index in [1.165, 1.54) is 38.4 Å². The second-order valence-electron chi connectivity index (χ2n) is 4.89. The highest BCUT2D eigenvalue weighted by molar-refractivity contribution is 5.92. The van der Waals surface area contributed by atoms with Gasteiger partial charge in [-0.15, -0.1) is 0 Å². The van der Waals surface area contributed by atoms with Crippen molar-refractivity contribution in [1.29, 1.82) is 0 Å². The molecule has 0 bridgehead atoms. The predicted octanol–water partition coefficient (Wildman–Crippen LogP) is 2.45. The largest absolute Gasteiger partial charge is 0.464 e. The highest BCUT2D eigenvalue weighted by Gasteiger charge is 2.19. The number of imidazole rings is 1. The van der Waals surface area contributed by atoms with Crippen LogP contribution in [0.3, 0.4) is 0 Å². The van der Waals surface area contributed by atoms with Gasteiger partial charge in [0.25, 0.3) is 0 Å². The van der Waals surface area contributed by atoms with Gasteiger partial charge in [0.15, 0.2) is 5.69 Å². The van der Waals surface area contributed by atoms with E-state index in [1.54, 1.807) is 0 Å². The summed E-state index contributed by atoms with van der Waals surface area (Å²) in [6, 6.07) is 0. The van der Waals surface area contributed by atoms with Gasteiger partial charge in [-0.05, 0) is 39.0 Å². The van der Waals surface area contributed by atoms with Crippen molar-refractivity contribution in [2.75, 3.05) is 12.8 Å². The average Bonchev–Trinajstić information content (AvgIpc) is 2.72. The van der Waals surface area contributed by atoms with E-state index in [2.05, 4.69) is 15.8 Å². The maximum atomic E-state index is 11.5. The number of esters is 1. The molecule has 1 aliphatic carbocycles. The summed E-state index contributed by atoms with van der Waals surface area (Å²) in [5.74, 6) is 0.686. The van der Waals surface area contributed by atoms with Gasteiger partial charge in [0.2, 0.25) is 0 Å². The SMILES string of the molecule is COC(=O)c1nc(C)n(CCC2=CCCCC2)c1N. The Bertz CT molecular complexity index is 503. The summed E-state index contributed by atoms with van der Waals surface area (Å²) in [6.45, 7) is 2.63. The first-order valence-corrected chi connectivity index (χ1v) is 6.72. The molecule has 2 N–H and O–H groups in total. The van der Waals surface area contributed by atoms with Crippen LogP contribution in [-0.4, -0.2) is 22.6 Å². The van der Waals surface area contributed by atoms with Crippen LogP contribution in [0, 0.1) is 6.92 Å². The minimum atomic E-state index is -0.476. The van der Waals surface area contributed by atoms with Crippen LogP contribution < -0.4 is 5.73 Å². The van der Waals surface area contributed by atoms with Crippen LogP contribution in [0.2, 0.25) is 0 Å². The molecule has 0 radical (unpaired) electrons. The van der Waals surface area contributed by atoms with Crippen molar-refractivity contribution in [3.8, 4) is 0 Å². The maximum Gasteiger partial charge on any atom is 0.360 e. The quantitative estimate of drug-likeness (QED) is 0.669. The van der Waals surface area contributed by atoms with Crippen molar-refractivity contribution in [3.63, 3.8) is 0 Å². The Balaban J connectivity index is 2.10. The van der Waals surface area contributed by atoms with Gasteiger partial charge in [-0.1, -0.05) is 11.6 Å². The molecule has 0 amide bonds. The number of hydrogen-bond donors (Lipinski definition) is 1. The number of ether oxygens (including phenoxy) is 1. The lowest BCUT2D eigenvalue weighted by Crippen LogP contribution is -2.09. The first-order chi connectivity index (χ1) is 9.13. The summed E-state index contributed by atoms with van der Waals surface area (Å²) < 4.78 is 6.56. The van der Waals surface area contributed by atoms with Gasteiger partial charge in [-0.2, -0.15) is 0 Å². The lowest BCUT2D eigenvalue weighted by molar-refractivity contribution is 0.0595. The molecule has 0 unspecified atom stereocenters. The minimum Gasteiger partial charge on any atom is -0.464 e. The Morgan fingerprint density at radius 1 is 1.53 bits per heavy atom. The molecule has 0 atom stereocenters. The van der Waals surface area contributed by atoms with Gasteiger partial charge in [0, 0.05) is 6.54 Å². The van der Waals surface area contributed by atoms with Crippen molar-refractivity contribution in [3.05, 3.63) is 23.2 Å². The average molecular weight is 263 g/mol. The number of nitrogens with two attached hydrogens (primary N) is 1. The highest BCUT2D eigenvalue weighted by Crippen LogP contribution is 2.22. The van der Waals surface area contributed by atoms with Crippen LogP contribution >= 0.6 is 0 Å². The Hall–Kier alpha value is -1.78. The van der Waals surface area contributed by atoms with E-state index in [0.717, 1.165) is 18.8 Å². The molecule has 2 rings (SSSR count). The van der Waals surface area contributed by atoms with Gasteiger partial charge in [-0.3, -0.25) is 0 Å². The highest BCUT2D eigenvalue weighted by atomic mass is 16.5. The van der Waals surface area contributed by atoms with Gasteiger partial charge in [-0.25, -0.2) is 9.78 Å². The van der Waals surface area contributed by atoms with Crippen LogP contribution in [-0.2, 0) is 11.3 Å². The number of methoxy groups -OCH3 is 1. The lowest BCUT2D eigenvalue weighted by Gasteiger charge is -2.14. The Morgan fingerprint density at radius 2 is 2.32 bits per heavy atom. The number of rotatable bonds is 4. The fourth-order valence-corrected chi connectivity index (χ4v) is 2.50. The molecule has 0 saturated heterocycles. The van der Waals surface area contributed by atoms with Gasteiger partial charge < -0.3 is 15.0 Å². The van der Waals surface area contributed by atoms with E-state index in [-0.39, 0.29) is 5.69 Å². The molecule has 5 heteroatoms. The number of carbonyl (C=O) groups is 1. The number of carbonyl (C=O) groups excluding carboxylic acids is 1. The second kappa shape index (κ2) is 5.91. The normalized spacial score (nSPS) is 15.2. The smallest absolute Gasteiger partial charge is 0.360 e. The van der Waals surface area contributed by atoms with Crippen molar-refractivity contribution in [2.45, 2.75) is 45.6 Å². The van der Waals surface area contributed by atoms with Gasteiger partial charge in [0.05, 0.1) is 7.11 Å². The van der Waals surface area contributed by atoms with Gasteiger partial charge in [0.1, 0.15) is 11.6 Å². The van der Waals surface area contributed by atoms with E-state index in [0.29, 0.717) is 5.82 Å². The fraction of sp³-hybridized carbons (Fsp3) is 0.571. The van der Waals surface area contributed by atoms with E-state index < -0.39 is 5.97 Å². The molecule has 0 aromatic carbocycles. The molecule has 1 heterocycles. The number of aromatic nitrogens is 2. The van der Waals surface area contributed by atoms with Crippen LogP contribution in [0.15, 0.2) is 11.6 Å².